The van der Waals surface area contributed by atoms with Gasteiger partial charge in [-0.05, 0) is 77.5 Å². The van der Waals surface area contributed by atoms with Crippen molar-refractivity contribution < 1.29 is 18.3 Å². The molecule has 0 unspecified atom stereocenters. The summed E-state index contributed by atoms with van der Waals surface area (Å²) in [6.45, 7) is -0.312. The first-order valence-corrected chi connectivity index (χ1v) is 14.7. The van der Waals surface area contributed by atoms with Gasteiger partial charge in [0.15, 0.2) is 12.4 Å². The zero-order valence-electron chi connectivity index (χ0n) is 23.4. The van der Waals surface area contributed by atoms with Crippen LogP contribution >= 0.6 is 15.9 Å². The third-order valence-corrected chi connectivity index (χ3v) is 7.67. The van der Waals surface area contributed by atoms with Crippen LogP contribution in [0.3, 0.4) is 0 Å². The number of hydrogen-bond acceptors (Lipinski definition) is 6. The number of aromatic nitrogens is 2. The van der Waals surface area contributed by atoms with Crippen LogP contribution in [-0.2, 0) is 4.79 Å². The molecule has 0 spiro atoms. The number of fused-ring (bicyclic) bond motifs is 3. The maximum Gasteiger partial charge on any atom is 0.282 e. The smallest absolute Gasteiger partial charge is 0.282 e. The van der Waals surface area contributed by atoms with Crippen molar-refractivity contribution in [2.24, 2.45) is 5.10 Å². The SMILES string of the molecule is O=C(COc1ccc2ccccc2c1C=Nn1c(-c2cc3cc(Br)ccc3o2)nc2ccccc2c1=O)Nc1ccc(F)cc1. The Bertz CT molecular complexity index is 2330. The van der Waals surface area contributed by atoms with Gasteiger partial charge in [-0.3, -0.25) is 9.59 Å². The van der Waals surface area contributed by atoms with Crippen LogP contribution in [0.25, 0.3) is 44.2 Å². The lowest BCUT2D eigenvalue weighted by Crippen LogP contribution is -2.21. The van der Waals surface area contributed by atoms with E-state index in [1.165, 1.54) is 35.2 Å². The molecule has 5 aromatic carbocycles. The van der Waals surface area contributed by atoms with Gasteiger partial charge in [-0.1, -0.05) is 58.4 Å². The molecule has 0 atom stereocenters. The van der Waals surface area contributed by atoms with Gasteiger partial charge < -0.3 is 14.5 Å². The summed E-state index contributed by atoms with van der Waals surface area (Å²) in [4.78, 5) is 31.2. The highest BCUT2D eigenvalue weighted by molar-refractivity contribution is 9.10. The lowest BCUT2D eigenvalue weighted by atomic mass is 10.0. The number of anilines is 1. The van der Waals surface area contributed by atoms with Crippen LogP contribution in [0.1, 0.15) is 5.56 Å². The molecule has 10 heteroatoms. The highest BCUT2D eigenvalue weighted by Crippen LogP contribution is 2.30. The highest BCUT2D eigenvalue weighted by Gasteiger charge is 2.17. The molecular formula is C35H22BrFN4O4. The number of carbonyl (C=O) groups is 1. The number of ether oxygens (including phenoxy) is 1. The van der Waals surface area contributed by atoms with Crippen molar-refractivity contribution in [3.8, 4) is 17.3 Å². The summed E-state index contributed by atoms with van der Waals surface area (Å²) in [5, 5.41) is 10.3. The van der Waals surface area contributed by atoms with E-state index in [2.05, 4.69) is 26.3 Å². The number of halogens is 2. The number of rotatable bonds is 7. The first kappa shape index (κ1) is 28.2. The summed E-state index contributed by atoms with van der Waals surface area (Å²) in [7, 11) is 0. The lowest BCUT2D eigenvalue weighted by molar-refractivity contribution is -0.118. The number of benzene rings is 5. The lowest BCUT2D eigenvalue weighted by Gasteiger charge is -2.12. The Morgan fingerprint density at radius 1 is 0.933 bits per heavy atom. The minimum atomic E-state index is -0.425. The molecule has 2 heterocycles. The first-order chi connectivity index (χ1) is 21.9. The maximum atomic E-state index is 13.8. The van der Waals surface area contributed by atoms with Gasteiger partial charge in [0.2, 0.25) is 5.82 Å². The zero-order valence-corrected chi connectivity index (χ0v) is 25.0. The molecule has 1 amide bonds. The predicted molar refractivity (Wildman–Crippen MR) is 176 cm³/mol. The molecule has 0 aliphatic heterocycles. The summed E-state index contributed by atoms with van der Waals surface area (Å²) < 4.78 is 27.4. The van der Waals surface area contributed by atoms with Crippen molar-refractivity contribution in [2.45, 2.75) is 0 Å². The number of hydrogen-bond donors (Lipinski definition) is 1. The van der Waals surface area contributed by atoms with Crippen molar-refractivity contribution in [2.75, 3.05) is 11.9 Å². The molecule has 45 heavy (non-hydrogen) atoms. The second kappa shape index (κ2) is 11.8. The number of carbonyl (C=O) groups excluding carboxylic acids is 1. The summed E-state index contributed by atoms with van der Waals surface area (Å²) >= 11 is 3.49. The number of nitrogens with zero attached hydrogens (tertiary/aromatic N) is 3. The molecule has 0 saturated carbocycles. The van der Waals surface area contributed by atoms with E-state index < -0.39 is 11.7 Å². The van der Waals surface area contributed by atoms with Gasteiger partial charge in [0, 0.05) is 21.1 Å². The van der Waals surface area contributed by atoms with Crippen LogP contribution in [0, 0.1) is 5.82 Å². The van der Waals surface area contributed by atoms with E-state index in [0.29, 0.717) is 39.2 Å². The normalized spacial score (nSPS) is 11.5. The summed E-state index contributed by atoms with van der Waals surface area (Å²) in [5.41, 5.74) is 1.76. The van der Waals surface area contributed by atoms with Crippen LogP contribution in [-0.4, -0.2) is 28.4 Å². The quantitative estimate of drug-likeness (QED) is 0.176. The van der Waals surface area contributed by atoms with Crippen LogP contribution < -0.4 is 15.6 Å². The fourth-order valence-corrected chi connectivity index (χ4v) is 5.42. The highest BCUT2D eigenvalue weighted by atomic mass is 79.9. The minimum absolute atomic E-state index is 0.226. The van der Waals surface area contributed by atoms with Gasteiger partial charge in [-0.15, -0.1) is 0 Å². The Kier molecular flexibility index (Phi) is 7.40. The largest absolute Gasteiger partial charge is 0.483 e. The molecule has 7 rings (SSSR count). The second-order valence-electron chi connectivity index (χ2n) is 10.1. The molecule has 0 fully saturated rings. The second-order valence-corrected chi connectivity index (χ2v) is 11.1. The Balaban J connectivity index is 1.30. The molecule has 0 radical (unpaired) electrons. The first-order valence-electron chi connectivity index (χ1n) is 13.9. The monoisotopic (exact) mass is 660 g/mol. The van der Waals surface area contributed by atoms with E-state index in [4.69, 9.17) is 14.1 Å². The molecule has 8 nitrogen and oxygen atoms in total. The Morgan fingerprint density at radius 3 is 2.56 bits per heavy atom. The Morgan fingerprint density at radius 2 is 1.71 bits per heavy atom. The van der Waals surface area contributed by atoms with Crippen LogP contribution in [0.4, 0.5) is 10.1 Å². The topological polar surface area (TPSA) is 98.7 Å². The summed E-state index contributed by atoms with van der Waals surface area (Å²) in [6, 6.07) is 31.2. The van der Waals surface area contributed by atoms with Crippen LogP contribution in [0.5, 0.6) is 5.75 Å². The molecule has 220 valence electrons. The van der Waals surface area contributed by atoms with Crippen molar-refractivity contribution >= 4 is 66.4 Å². The molecule has 0 aliphatic rings. The fourth-order valence-electron chi connectivity index (χ4n) is 5.04. The summed E-state index contributed by atoms with van der Waals surface area (Å²) in [6.07, 6.45) is 1.52. The molecule has 0 saturated heterocycles. The Hall–Kier alpha value is -5.61. The fraction of sp³-hybridized carbons (Fsp3) is 0.0286. The van der Waals surface area contributed by atoms with Crippen molar-refractivity contribution in [1.29, 1.82) is 0 Å². The van der Waals surface area contributed by atoms with E-state index in [1.807, 2.05) is 60.7 Å². The Labute approximate surface area is 263 Å². The molecule has 1 N–H and O–H groups in total. The van der Waals surface area contributed by atoms with Gasteiger partial charge in [0.1, 0.15) is 17.1 Å². The summed E-state index contributed by atoms with van der Waals surface area (Å²) in [5.74, 6) is 0.148. The van der Waals surface area contributed by atoms with E-state index >= 15 is 0 Å². The van der Waals surface area contributed by atoms with Gasteiger partial charge >= 0.3 is 0 Å². The van der Waals surface area contributed by atoms with E-state index in [9.17, 15) is 14.0 Å². The van der Waals surface area contributed by atoms with Crippen LogP contribution in [0.2, 0.25) is 0 Å². The molecule has 7 aromatic rings. The average Bonchev–Trinajstić information content (AvgIpc) is 3.47. The van der Waals surface area contributed by atoms with E-state index in [-0.39, 0.29) is 18.0 Å². The molecular weight excluding hydrogens is 639 g/mol. The van der Waals surface area contributed by atoms with Crippen LogP contribution in [0.15, 0.2) is 128 Å². The number of para-hydroxylation sites is 1. The average molecular weight is 661 g/mol. The number of furan rings is 1. The van der Waals surface area contributed by atoms with Gasteiger partial charge in [-0.25, -0.2) is 9.37 Å². The third kappa shape index (κ3) is 5.71. The third-order valence-electron chi connectivity index (χ3n) is 7.17. The standard InChI is InChI=1S/C35H22BrFN4O4/c36-23-10-16-30-22(17-23)18-32(45-30)34-40-29-8-4-3-7-27(29)35(43)41(34)38-19-28-26-6-2-1-5-21(26)9-15-31(28)44-20-33(42)39-25-13-11-24(37)12-14-25/h1-19H,20H2,(H,39,42). The van der Waals surface area contributed by atoms with Crippen molar-refractivity contribution in [1.82, 2.24) is 9.66 Å². The maximum absolute atomic E-state index is 13.8. The number of nitrogens with one attached hydrogen (secondary N) is 1. The number of amides is 1. The van der Waals surface area contributed by atoms with Crippen molar-refractivity contribution in [3.05, 3.63) is 135 Å². The molecule has 0 bridgehead atoms. The van der Waals surface area contributed by atoms with E-state index in [1.54, 1.807) is 24.3 Å². The minimum Gasteiger partial charge on any atom is -0.483 e. The van der Waals surface area contributed by atoms with Gasteiger partial charge in [0.25, 0.3) is 11.5 Å². The van der Waals surface area contributed by atoms with Gasteiger partial charge in [0.05, 0.1) is 17.1 Å². The molecule has 2 aromatic heterocycles. The van der Waals surface area contributed by atoms with E-state index in [0.717, 1.165) is 20.6 Å². The van der Waals surface area contributed by atoms with Gasteiger partial charge in [-0.2, -0.15) is 9.78 Å². The molecule has 0 aliphatic carbocycles. The van der Waals surface area contributed by atoms with Crippen molar-refractivity contribution in [3.63, 3.8) is 0 Å². The zero-order chi connectivity index (χ0) is 30.9. The predicted octanol–water partition coefficient (Wildman–Crippen LogP) is 7.76.